The van der Waals surface area contributed by atoms with Crippen LogP contribution in [0.1, 0.15) is 35.7 Å². The Morgan fingerprint density at radius 3 is 2.78 bits per heavy atom. The summed E-state index contributed by atoms with van der Waals surface area (Å²) in [5, 5.41) is 4.00. The quantitative estimate of drug-likeness (QED) is 0.789. The van der Waals surface area contributed by atoms with E-state index >= 15 is 0 Å². The fourth-order valence-electron chi connectivity index (χ4n) is 2.85. The van der Waals surface area contributed by atoms with E-state index in [0.717, 1.165) is 19.6 Å². The van der Waals surface area contributed by atoms with Crippen LogP contribution in [0.4, 0.5) is 0 Å². The van der Waals surface area contributed by atoms with E-state index in [1.165, 1.54) is 5.56 Å². The highest BCUT2D eigenvalue weighted by Gasteiger charge is 2.55. The van der Waals surface area contributed by atoms with E-state index in [4.69, 9.17) is 32.5 Å². The van der Waals surface area contributed by atoms with Gasteiger partial charge >= 0.3 is 0 Å². The maximum Gasteiger partial charge on any atom is 0.257 e. The minimum Gasteiger partial charge on any atom is -0.366 e. The molecule has 4 rings (SSSR count). The van der Waals surface area contributed by atoms with Crippen molar-refractivity contribution in [2.75, 3.05) is 19.7 Å². The molecule has 0 bridgehead atoms. The lowest BCUT2D eigenvalue weighted by Crippen LogP contribution is -2.37. The number of morpholine rings is 1. The van der Waals surface area contributed by atoms with Gasteiger partial charge in [0.15, 0.2) is 5.82 Å². The summed E-state index contributed by atoms with van der Waals surface area (Å²) in [5.74, 6) is 1.05. The van der Waals surface area contributed by atoms with Gasteiger partial charge in [-0.2, -0.15) is 4.98 Å². The lowest BCUT2D eigenvalue weighted by atomic mass is 10.2. The van der Waals surface area contributed by atoms with Crippen LogP contribution in [0.3, 0.4) is 0 Å². The van der Waals surface area contributed by atoms with Gasteiger partial charge in [-0.15, -0.1) is 23.2 Å². The predicted octanol–water partition coefficient (Wildman–Crippen LogP) is 3.30. The average molecular weight is 354 g/mol. The third kappa shape index (κ3) is 3.38. The summed E-state index contributed by atoms with van der Waals surface area (Å²) < 4.78 is 10.4. The molecule has 1 aliphatic heterocycles. The van der Waals surface area contributed by atoms with Crippen LogP contribution in [0.2, 0.25) is 0 Å². The second kappa shape index (κ2) is 6.06. The second-order valence-corrected chi connectivity index (χ2v) is 7.63. The normalized spacial score (nSPS) is 27.0. The third-order valence-electron chi connectivity index (χ3n) is 4.27. The van der Waals surface area contributed by atoms with Crippen LogP contribution in [0.25, 0.3) is 0 Å². The standard InChI is InChI=1S/C16H17Cl2N3O2/c17-16(18)8-12(16)14-19-15(23-20-14)13-10-21(6-7-22-13)9-11-4-2-1-3-5-11/h1-5,12-13H,6-10H2. The van der Waals surface area contributed by atoms with Gasteiger partial charge in [-0.05, 0) is 12.0 Å². The molecule has 0 radical (unpaired) electrons. The van der Waals surface area contributed by atoms with Gasteiger partial charge in [0.1, 0.15) is 10.4 Å². The van der Waals surface area contributed by atoms with Gasteiger partial charge < -0.3 is 9.26 Å². The molecule has 2 fully saturated rings. The third-order valence-corrected chi connectivity index (χ3v) is 5.11. The summed E-state index contributed by atoms with van der Waals surface area (Å²) in [6.45, 7) is 3.15. The van der Waals surface area contributed by atoms with Crippen molar-refractivity contribution in [3.63, 3.8) is 0 Å². The van der Waals surface area contributed by atoms with Crippen LogP contribution in [0.15, 0.2) is 34.9 Å². The largest absolute Gasteiger partial charge is 0.366 e. The topological polar surface area (TPSA) is 51.4 Å². The molecule has 0 N–H and O–H groups in total. The number of rotatable bonds is 4. The number of hydrogen-bond donors (Lipinski definition) is 0. The maximum atomic E-state index is 6.05. The molecule has 2 aliphatic rings. The highest BCUT2D eigenvalue weighted by molar-refractivity contribution is 6.51. The summed E-state index contributed by atoms with van der Waals surface area (Å²) in [6.07, 6.45) is 0.466. The first kappa shape index (κ1) is 15.4. The molecule has 5 nitrogen and oxygen atoms in total. The lowest BCUT2D eigenvalue weighted by Gasteiger charge is -2.31. The van der Waals surface area contributed by atoms with E-state index < -0.39 is 4.33 Å². The van der Waals surface area contributed by atoms with Crippen molar-refractivity contribution in [2.45, 2.75) is 29.3 Å². The molecule has 1 saturated carbocycles. The Hall–Kier alpha value is -1.14. The molecule has 122 valence electrons. The number of nitrogens with zero attached hydrogens (tertiary/aromatic N) is 3. The molecule has 1 saturated heterocycles. The predicted molar refractivity (Wildman–Crippen MR) is 86.5 cm³/mol. The second-order valence-electron chi connectivity index (χ2n) is 6.09. The molecule has 1 aromatic heterocycles. The Morgan fingerprint density at radius 2 is 2.04 bits per heavy atom. The van der Waals surface area contributed by atoms with Gasteiger partial charge in [0.2, 0.25) is 0 Å². The summed E-state index contributed by atoms with van der Waals surface area (Å²) in [5.41, 5.74) is 1.28. The zero-order valence-corrected chi connectivity index (χ0v) is 14.0. The number of ether oxygens (including phenoxy) is 1. The van der Waals surface area contributed by atoms with Gasteiger partial charge in [0, 0.05) is 19.6 Å². The Morgan fingerprint density at radius 1 is 1.26 bits per heavy atom. The number of alkyl halides is 2. The minimum atomic E-state index is -0.742. The number of benzene rings is 1. The highest BCUT2D eigenvalue weighted by Crippen LogP contribution is 2.58. The molecule has 0 spiro atoms. The molecule has 1 aromatic carbocycles. The molecule has 2 unspecified atom stereocenters. The molecule has 23 heavy (non-hydrogen) atoms. The van der Waals surface area contributed by atoms with E-state index in [1.807, 2.05) is 6.07 Å². The molecule has 2 atom stereocenters. The van der Waals surface area contributed by atoms with Gasteiger partial charge in [0.25, 0.3) is 5.89 Å². The van der Waals surface area contributed by atoms with Crippen molar-refractivity contribution in [3.05, 3.63) is 47.6 Å². The van der Waals surface area contributed by atoms with Gasteiger partial charge in [-0.3, -0.25) is 4.90 Å². The van der Waals surface area contributed by atoms with Crippen LogP contribution in [0, 0.1) is 0 Å². The van der Waals surface area contributed by atoms with Crippen LogP contribution in [-0.4, -0.2) is 39.1 Å². The van der Waals surface area contributed by atoms with Gasteiger partial charge in [-0.25, -0.2) is 0 Å². The molecular weight excluding hydrogens is 337 g/mol. The van der Waals surface area contributed by atoms with Crippen LogP contribution >= 0.6 is 23.2 Å². The first-order valence-corrected chi connectivity index (χ1v) is 8.46. The fraction of sp³-hybridized carbons (Fsp3) is 0.500. The SMILES string of the molecule is ClC1(Cl)CC1c1noc(C2CN(Cc3ccccc3)CCO2)n1. The minimum absolute atomic E-state index is 0.0349. The van der Waals surface area contributed by atoms with Gasteiger partial charge in [-0.1, -0.05) is 35.5 Å². The number of hydrogen-bond acceptors (Lipinski definition) is 5. The van der Waals surface area contributed by atoms with Crippen molar-refractivity contribution in [2.24, 2.45) is 0 Å². The molecular formula is C16H17Cl2N3O2. The van der Waals surface area contributed by atoms with Crippen molar-refractivity contribution in [1.29, 1.82) is 0 Å². The summed E-state index contributed by atoms with van der Waals surface area (Å²) in [7, 11) is 0. The van der Waals surface area contributed by atoms with Crippen molar-refractivity contribution < 1.29 is 9.26 Å². The van der Waals surface area contributed by atoms with Crippen molar-refractivity contribution >= 4 is 23.2 Å². The molecule has 2 heterocycles. The molecule has 0 amide bonds. The van der Waals surface area contributed by atoms with Crippen LogP contribution in [-0.2, 0) is 11.3 Å². The van der Waals surface area contributed by atoms with Crippen LogP contribution < -0.4 is 0 Å². The lowest BCUT2D eigenvalue weighted by molar-refractivity contribution is -0.0475. The maximum absolute atomic E-state index is 6.05. The molecule has 1 aliphatic carbocycles. The van der Waals surface area contributed by atoms with E-state index in [9.17, 15) is 0 Å². The summed E-state index contributed by atoms with van der Waals surface area (Å²) >= 11 is 12.1. The Labute approximate surface area is 144 Å². The molecule has 7 heteroatoms. The highest BCUT2D eigenvalue weighted by atomic mass is 35.5. The fourth-order valence-corrected chi connectivity index (χ4v) is 3.35. The van der Waals surface area contributed by atoms with Crippen LogP contribution in [0.5, 0.6) is 0 Å². The Kier molecular flexibility index (Phi) is 4.05. The number of aromatic nitrogens is 2. The van der Waals surface area contributed by atoms with E-state index in [2.05, 4.69) is 39.3 Å². The Balaban J connectivity index is 1.41. The number of halogens is 2. The monoisotopic (exact) mass is 353 g/mol. The first-order valence-electron chi connectivity index (χ1n) is 7.71. The summed E-state index contributed by atoms with van der Waals surface area (Å²) in [6, 6.07) is 10.4. The summed E-state index contributed by atoms with van der Waals surface area (Å²) in [4.78, 5) is 6.77. The average Bonchev–Trinajstić information content (AvgIpc) is 2.98. The smallest absolute Gasteiger partial charge is 0.257 e. The Bertz CT molecular complexity index is 677. The first-order chi connectivity index (χ1) is 11.1. The zero-order valence-electron chi connectivity index (χ0n) is 12.5. The zero-order chi connectivity index (χ0) is 15.9. The van der Waals surface area contributed by atoms with Crippen molar-refractivity contribution in [3.8, 4) is 0 Å². The van der Waals surface area contributed by atoms with Crippen molar-refractivity contribution in [1.82, 2.24) is 15.0 Å². The van der Waals surface area contributed by atoms with Gasteiger partial charge in [0.05, 0.1) is 12.5 Å². The van der Waals surface area contributed by atoms with E-state index in [0.29, 0.717) is 24.7 Å². The van der Waals surface area contributed by atoms with E-state index in [1.54, 1.807) is 0 Å². The molecule has 2 aromatic rings. The van der Waals surface area contributed by atoms with E-state index in [-0.39, 0.29) is 12.0 Å².